The van der Waals surface area contributed by atoms with Crippen LogP contribution in [-0.2, 0) is 0 Å². The fourth-order valence-electron chi connectivity index (χ4n) is 2.44. The number of benzene rings is 3. The molecule has 0 saturated heterocycles. The minimum absolute atomic E-state index is 0.768. The van der Waals surface area contributed by atoms with Crippen molar-refractivity contribution in [3.63, 3.8) is 0 Å². The third-order valence-electron chi connectivity index (χ3n) is 3.46. The highest BCUT2D eigenvalue weighted by Gasteiger charge is 2.10. The summed E-state index contributed by atoms with van der Waals surface area (Å²) in [7, 11) is 0. The second-order valence-corrected chi connectivity index (χ2v) is 6.56. The molecule has 3 rings (SSSR count). The molecule has 0 atom stereocenters. The molecule has 3 aromatic carbocycles. The van der Waals surface area contributed by atoms with Gasteiger partial charge < -0.3 is 0 Å². The van der Waals surface area contributed by atoms with E-state index < -0.39 is 0 Å². The van der Waals surface area contributed by atoms with E-state index in [1.165, 1.54) is 31.4 Å². The maximum absolute atomic E-state index is 6.00. The topological polar surface area (TPSA) is 0 Å². The molecule has 0 aliphatic heterocycles. The Kier molecular flexibility index (Phi) is 4.32. The van der Waals surface area contributed by atoms with E-state index in [-0.39, 0.29) is 0 Å². The summed E-state index contributed by atoms with van der Waals surface area (Å²) in [6, 6.07) is 23.0. The molecule has 0 aromatic heterocycles. The first kappa shape index (κ1) is 14.6. The van der Waals surface area contributed by atoms with Crippen molar-refractivity contribution in [2.24, 2.45) is 0 Å². The van der Waals surface area contributed by atoms with Crippen LogP contribution < -0.4 is 0 Å². The minimum Gasteiger partial charge on any atom is -0.0843 e. The van der Waals surface area contributed by atoms with Crippen molar-refractivity contribution >= 4 is 34.2 Å². The number of hydrogen-bond donors (Lipinski definition) is 0. The van der Waals surface area contributed by atoms with Crippen molar-refractivity contribution in [1.82, 2.24) is 0 Å². The van der Waals surface area contributed by atoms with Gasteiger partial charge in [-0.1, -0.05) is 66.2 Å². The summed E-state index contributed by atoms with van der Waals surface area (Å²) in [5.74, 6) is 0. The van der Waals surface area contributed by atoms with Gasteiger partial charge in [-0.05, 0) is 69.5 Å². The first-order valence-electron chi connectivity index (χ1n) is 6.76. The van der Waals surface area contributed by atoms with Gasteiger partial charge in [-0.2, -0.15) is 0 Å². The van der Waals surface area contributed by atoms with E-state index in [0.29, 0.717) is 0 Å². The quantitative estimate of drug-likeness (QED) is 0.423. The fraction of sp³-hybridized carbons (Fsp3) is 0.0526. The highest BCUT2D eigenvalue weighted by atomic mass is 127. The van der Waals surface area contributed by atoms with Crippen LogP contribution in [0.5, 0.6) is 0 Å². The fourth-order valence-corrected chi connectivity index (χ4v) is 3.50. The Labute approximate surface area is 143 Å². The number of rotatable bonds is 2. The van der Waals surface area contributed by atoms with Gasteiger partial charge in [0.1, 0.15) is 0 Å². The van der Waals surface area contributed by atoms with E-state index in [2.05, 4.69) is 78.0 Å². The molecule has 21 heavy (non-hydrogen) atoms. The molecule has 0 saturated carbocycles. The maximum atomic E-state index is 6.00. The lowest BCUT2D eigenvalue weighted by molar-refractivity contribution is 1.44. The van der Waals surface area contributed by atoms with Crippen molar-refractivity contribution in [2.75, 3.05) is 0 Å². The Morgan fingerprint density at radius 1 is 0.762 bits per heavy atom. The van der Waals surface area contributed by atoms with E-state index in [1.807, 2.05) is 18.2 Å². The van der Waals surface area contributed by atoms with Crippen molar-refractivity contribution in [2.45, 2.75) is 6.92 Å². The molecule has 0 unspecified atom stereocenters. The van der Waals surface area contributed by atoms with Crippen LogP contribution in [0.3, 0.4) is 0 Å². The van der Waals surface area contributed by atoms with Crippen LogP contribution in [0.25, 0.3) is 22.3 Å². The van der Waals surface area contributed by atoms with E-state index >= 15 is 0 Å². The minimum atomic E-state index is 0.768. The Morgan fingerprint density at radius 2 is 1.29 bits per heavy atom. The molecule has 2 heteroatoms. The average molecular weight is 405 g/mol. The molecular weight excluding hydrogens is 391 g/mol. The average Bonchev–Trinajstić information content (AvgIpc) is 2.51. The summed E-state index contributed by atoms with van der Waals surface area (Å²) >= 11 is 8.44. The molecule has 0 fully saturated rings. The molecule has 0 nitrogen and oxygen atoms in total. The van der Waals surface area contributed by atoms with E-state index in [1.54, 1.807) is 0 Å². The highest BCUT2D eigenvalue weighted by molar-refractivity contribution is 14.1. The number of hydrogen-bond acceptors (Lipinski definition) is 0. The van der Waals surface area contributed by atoms with Gasteiger partial charge in [-0.25, -0.2) is 0 Å². The standard InChI is InChI=1S/C19H14ClI/c1-13-11-17(14-5-3-2-4-6-14)19(21)18(12-13)15-7-9-16(20)10-8-15/h2-12H,1H3. The van der Waals surface area contributed by atoms with Crippen LogP contribution in [0.15, 0.2) is 66.7 Å². The summed E-state index contributed by atoms with van der Waals surface area (Å²) in [6.45, 7) is 2.14. The van der Waals surface area contributed by atoms with Crippen molar-refractivity contribution < 1.29 is 0 Å². The van der Waals surface area contributed by atoms with Crippen molar-refractivity contribution in [1.29, 1.82) is 0 Å². The maximum Gasteiger partial charge on any atom is 0.0406 e. The molecule has 0 bridgehead atoms. The monoisotopic (exact) mass is 404 g/mol. The molecule has 0 spiro atoms. The molecule has 0 heterocycles. The zero-order chi connectivity index (χ0) is 14.8. The van der Waals surface area contributed by atoms with E-state index in [9.17, 15) is 0 Å². The molecule has 3 aromatic rings. The van der Waals surface area contributed by atoms with Crippen LogP contribution in [0.1, 0.15) is 5.56 Å². The number of halogens is 2. The van der Waals surface area contributed by atoms with Gasteiger partial charge in [0, 0.05) is 8.59 Å². The Balaban J connectivity index is 2.19. The predicted molar refractivity (Wildman–Crippen MR) is 99.8 cm³/mol. The Bertz CT molecular complexity index is 762. The van der Waals surface area contributed by atoms with E-state index in [4.69, 9.17) is 11.6 Å². The van der Waals surface area contributed by atoms with Gasteiger partial charge in [-0.3, -0.25) is 0 Å². The Hall–Kier alpha value is -1.32. The zero-order valence-corrected chi connectivity index (χ0v) is 14.5. The molecule has 104 valence electrons. The van der Waals surface area contributed by atoms with Gasteiger partial charge >= 0.3 is 0 Å². The first-order chi connectivity index (χ1) is 10.1. The van der Waals surface area contributed by atoms with Gasteiger partial charge in [-0.15, -0.1) is 0 Å². The second-order valence-electron chi connectivity index (χ2n) is 5.05. The summed E-state index contributed by atoms with van der Waals surface area (Å²) < 4.78 is 1.27. The molecule has 0 aliphatic carbocycles. The largest absolute Gasteiger partial charge is 0.0843 e. The summed E-state index contributed by atoms with van der Waals surface area (Å²) in [6.07, 6.45) is 0. The van der Waals surface area contributed by atoms with Crippen molar-refractivity contribution in [3.05, 3.63) is 80.9 Å². The lowest BCUT2D eigenvalue weighted by Gasteiger charge is -2.13. The number of aryl methyl sites for hydroxylation is 1. The van der Waals surface area contributed by atoms with Gasteiger partial charge in [0.15, 0.2) is 0 Å². The molecule has 0 N–H and O–H groups in total. The van der Waals surface area contributed by atoms with Crippen LogP contribution in [0.4, 0.5) is 0 Å². The molecule has 0 radical (unpaired) electrons. The zero-order valence-electron chi connectivity index (χ0n) is 11.6. The van der Waals surface area contributed by atoms with Crippen LogP contribution in [0, 0.1) is 10.5 Å². The first-order valence-corrected chi connectivity index (χ1v) is 8.22. The predicted octanol–water partition coefficient (Wildman–Crippen LogP) is 6.59. The molecular formula is C19H14ClI. The van der Waals surface area contributed by atoms with Gasteiger partial charge in [0.25, 0.3) is 0 Å². The van der Waals surface area contributed by atoms with Crippen LogP contribution in [-0.4, -0.2) is 0 Å². The third-order valence-corrected chi connectivity index (χ3v) is 4.87. The van der Waals surface area contributed by atoms with Crippen LogP contribution >= 0.6 is 34.2 Å². The summed E-state index contributed by atoms with van der Waals surface area (Å²) in [5, 5.41) is 0.768. The molecule has 0 amide bonds. The third kappa shape index (κ3) is 3.14. The Morgan fingerprint density at radius 3 is 1.86 bits per heavy atom. The lowest BCUT2D eigenvalue weighted by atomic mass is 9.96. The van der Waals surface area contributed by atoms with Crippen LogP contribution in [0.2, 0.25) is 5.02 Å². The smallest absolute Gasteiger partial charge is 0.0406 e. The van der Waals surface area contributed by atoms with E-state index in [0.717, 1.165) is 5.02 Å². The van der Waals surface area contributed by atoms with Gasteiger partial charge in [0.2, 0.25) is 0 Å². The summed E-state index contributed by atoms with van der Waals surface area (Å²) in [4.78, 5) is 0. The lowest BCUT2D eigenvalue weighted by Crippen LogP contribution is -1.90. The normalized spacial score (nSPS) is 10.6. The summed E-state index contributed by atoms with van der Waals surface area (Å²) in [5.41, 5.74) is 6.25. The van der Waals surface area contributed by atoms with Crippen molar-refractivity contribution in [3.8, 4) is 22.3 Å². The molecule has 0 aliphatic rings. The second kappa shape index (κ2) is 6.20. The SMILES string of the molecule is Cc1cc(-c2ccccc2)c(I)c(-c2ccc(Cl)cc2)c1. The highest BCUT2D eigenvalue weighted by Crippen LogP contribution is 2.35. The van der Waals surface area contributed by atoms with Gasteiger partial charge in [0.05, 0.1) is 0 Å².